The van der Waals surface area contributed by atoms with E-state index < -0.39 is 18.0 Å². The van der Waals surface area contributed by atoms with Gasteiger partial charge >= 0.3 is 0 Å². The van der Waals surface area contributed by atoms with Crippen molar-refractivity contribution in [3.63, 3.8) is 0 Å². The monoisotopic (exact) mass is 842 g/mol. The third-order valence-electron chi connectivity index (χ3n) is 11.7. The number of aryl methyl sites for hydroxylation is 3. The lowest BCUT2D eigenvalue weighted by Gasteiger charge is -2.36. The number of piperidine rings is 1. The highest BCUT2D eigenvalue weighted by atomic mass is 35.5. The van der Waals surface area contributed by atoms with Crippen LogP contribution in [-0.4, -0.2) is 79.1 Å². The maximum atomic E-state index is 13.7. The molecule has 3 aliphatic rings. The summed E-state index contributed by atoms with van der Waals surface area (Å²) in [4.78, 5) is 62.3. The van der Waals surface area contributed by atoms with Gasteiger partial charge in [-0.25, -0.2) is 4.68 Å². The quantitative estimate of drug-likeness (QED) is 0.172. The Morgan fingerprint density at radius 2 is 1.67 bits per heavy atom. The minimum atomic E-state index is -0.804. The lowest BCUT2D eigenvalue weighted by atomic mass is 9.99. The number of fused-ring (bicyclic) bond motifs is 4. The van der Waals surface area contributed by atoms with Gasteiger partial charge in [0, 0.05) is 76.9 Å². The molecule has 2 saturated heterocycles. The number of nitrogens with zero attached hydrogens (tertiary/aromatic N) is 8. The zero-order valence-corrected chi connectivity index (χ0v) is 35.2. The van der Waals surface area contributed by atoms with Crippen molar-refractivity contribution in [2.45, 2.75) is 65.6 Å². The minimum absolute atomic E-state index is 0.0852. The largest absolute Gasteiger partial charge is 0.369 e. The summed E-state index contributed by atoms with van der Waals surface area (Å²) in [7, 11) is 0. The number of amides is 3. The second kappa shape index (κ2) is 15.9. The van der Waals surface area contributed by atoms with Gasteiger partial charge in [0.15, 0.2) is 5.82 Å². The summed E-state index contributed by atoms with van der Waals surface area (Å²) in [6.45, 7) is 12.1. The Balaban J connectivity index is 0.841. The summed E-state index contributed by atoms with van der Waals surface area (Å²) in [5, 5.41) is 21.7. The molecule has 6 aromatic rings. The van der Waals surface area contributed by atoms with Crippen molar-refractivity contribution in [3.05, 3.63) is 127 Å². The molecular weight excluding hydrogens is 800 g/mol. The van der Waals surface area contributed by atoms with Gasteiger partial charge in [-0.05, 0) is 87.7 Å². The van der Waals surface area contributed by atoms with E-state index in [9.17, 15) is 19.2 Å². The van der Waals surface area contributed by atoms with Crippen LogP contribution in [0.2, 0.25) is 5.02 Å². The van der Waals surface area contributed by atoms with Crippen molar-refractivity contribution < 1.29 is 14.4 Å². The number of imide groups is 1. The Morgan fingerprint density at radius 3 is 2.40 bits per heavy atom. The number of rotatable bonds is 8. The van der Waals surface area contributed by atoms with Crippen LogP contribution in [0.3, 0.4) is 0 Å². The molecule has 3 aromatic carbocycles. The average Bonchev–Trinajstić information content (AvgIpc) is 3.72. The summed E-state index contributed by atoms with van der Waals surface area (Å²) in [5.41, 5.74) is 7.05. The van der Waals surface area contributed by atoms with Crippen molar-refractivity contribution >= 4 is 68.5 Å². The predicted octanol–water partition coefficient (Wildman–Crippen LogP) is 6.15. The van der Waals surface area contributed by atoms with E-state index in [1.807, 2.05) is 85.1 Å². The fraction of sp³-hybridized carbons (Fsp3) is 0.318. The smallest absolute Gasteiger partial charge is 0.275 e. The number of aliphatic imine (C=N–C) groups is 1. The molecule has 9 rings (SSSR count). The molecule has 2 atom stereocenters. The molecule has 2 fully saturated rings. The minimum Gasteiger partial charge on any atom is -0.369 e. The number of carbonyl (C=O) groups excluding carboxylic acids is 3. The molecule has 0 aliphatic carbocycles. The molecule has 0 radical (unpaired) electrons. The van der Waals surface area contributed by atoms with Gasteiger partial charge in [0.1, 0.15) is 22.9 Å². The molecule has 14 nitrogen and oxygen atoms in total. The van der Waals surface area contributed by atoms with E-state index in [0.717, 1.165) is 82.6 Å². The Bertz CT molecular complexity index is 2780. The van der Waals surface area contributed by atoms with Gasteiger partial charge in [-0.1, -0.05) is 35.9 Å². The number of piperazine rings is 1. The third-order valence-corrected chi connectivity index (χ3v) is 13.2. The van der Waals surface area contributed by atoms with Crippen LogP contribution in [0.5, 0.6) is 0 Å². The first kappa shape index (κ1) is 39.4. The highest BCUT2D eigenvalue weighted by Gasteiger charge is 2.33. The average molecular weight is 843 g/mol. The van der Waals surface area contributed by atoms with E-state index >= 15 is 0 Å². The van der Waals surface area contributed by atoms with Gasteiger partial charge < -0.3 is 10.2 Å². The molecule has 2 N–H and O–H groups in total. The highest BCUT2D eigenvalue weighted by molar-refractivity contribution is 7.15. The number of carbonyl (C=O) groups is 3. The Kier molecular flexibility index (Phi) is 10.4. The van der Waals surface area contributed by atoms with Gasteiger partial charge in [0.05, 0.1) is 23.2 Å². The van der Waals surface area contributed by atoms with Crippen molar-refractivity contribution in [2.24, 2.45) is 4.99 Å². The lowest BCUT2D eigenvalue weighted by Crippen LogP contribution is -2.46. The first-order valence-corrected chi connectivity index (χ1v) is 21.2. The third kappa shape index (κ3) is 7.41. The topological polar surface area (TPSA) is 160 Å². The van der Waals surface area contributed by atoms with Gasteiger partial charge in [0.25, 0.3) is 11.5 Å². The van der Waals surface area contributed by atoms with E-state index in [4.69, 9.17) is 16.6 Å². The molecule has 3 aromatic heterocycles. The second-order valence-electron chi connectivity index (χ2n) is 15.6. The van der Waals surface area contributed by atoms with Crippen LogP contribution in [0.25, 0.3) is 15.8 Å². The molecule has 1 unspecified atom stereocenters. The zero-order valence-electron chi connectivity index (χ0n) is 33.7. The fourth-order valence-electron chi connectivity index (χ4n) is 8.36. The number of halogens is 1. The van der Waals surface area contributed by atoms with E-state index in [-0.39, 0.29) is 36.6 Å². The summed E-state index contributed by atoms with van der Waals surface area (Å²) < 4.78 is 3.27. The molecule has 0 saturated carbocycles. The zero-order chi connectivity index (χ0) is 41.8. The molecular formula is C44H43ClN10O4S. The van der Waals surface area contributed by atoms with E-state index in [1.165, 1.54) is 9.56 Å². The molecule has 0 spiro atoms. The normalized spacial score (nSPS) is 18.1. The Hall–Kier alpha value is -6.03. The number of hydrogen-bond acceptors (Lipinski definition) is 11. The predicted molar refractivity (Wildman–Crippen MR) is 233 cm³/mol. The number of aromatic nitrogens is 5. The Labute approximate surface area is 354 Å². The number of anilines is 2. The van der Waals surface area contributed by atoms with Crippen LogP contribution in [0, 0.1) is 27.7 Å². The van der Waals surface area contributed by atoms with Crippen molar-refractivity contribution in [1.29, 1.82) is 0 Å². The standard InChI is InChI=1S/C44H43ClN10O4S/c1-24-26(3)60-44-39(24)40(29-7-9-30(45)10-8-29)47-35(41-50-49-27(4)54(41)44)22-38(57)46-31-11-5-28(6-12-31)23-52-17-19-53(20-18-52)32-13-14-33-34(21-32)25(2)51-55(43(33)59)36-15-16-37(56)48-42(36)58/h5-14,21,35-36H,15-20,22-23H2,1-4H3,(H,46,57)(H,48,56,58)/t35-,36?/m0/s1. The molecule has 0 bridgehead atoms. The van der Waals surface area contributed by atoms with E-state index in [2.05, 4.69) is 49.6 Å². The van der Waals surface area contributed by atoms with E-state index in [1.54, 1.807) is 11.3 Å². The van der Waals surface area contributed by atoms with Crippen LogP contribution in [0.4, 0.5) is 11.4 Å². The summed E-state index contributed by atoms with van der Waals surface area (Å²) in [6, 6.07) is 20.0. The van der Waals surface area contributed by atoms with Crippen molar-refractivity contribution in [1.82, 2.24) is 34.8 Å². The van der Waals surface area contributed by atoms with Crippen molar-refractivity contribution in [3.8, 4) is 5.00 Å². The second-order valence-corrected chi connectivity index (χ2v) is 17.3. The SMILES string of the molecule is Cc1sc2c(c1C)C(c1ccc(Cl)cc1)=N[C@@H](CC(=O)Nc1ccc(CN3CCN(c4ccc5c(=O)n(C6CCC(=O)NC6=O)nc(C)c5c4)CC3)cc1)c1nnc(C)n1-2. The molecule has 3 aliphatic heterocycles. The van der Waals surface area contributed by atoms with Crippen molar-refractivity contribution in [2.75, 3.05) is 36.4 Å². The van der Waals surface area contributed by atoms with Gasteiger partial charge in [-0.2, -0.15) is 5.10 Å². The summed E-state index contributed by atoms with van der Waals surface area (Å²) >= 11 is 7.94. The van der Waals surface area contributed by atoms with Crippen LogP contribution in [0.1, 0.15) is 75.8 Å². The number of nitrogens with one attached hydrogen (secondary N) is 2. The molecule has 60 heavy (non-hydrogen) atoms. The van der Waals surface area contributed by atoms with Crippen LogP contribution in [0.15, 0.2) is 76.5 Å². The van der Waals surface area contributed by atoms with Crippen LogP contribution < -0.4 is 21.1 Å². The lowest BCUT2D eigenvalue weighted by molar-refractivity contribution is -0.136. The first-order chi connectivity index (χ1) is 28.9. The summed E-state index contributed by atoms with van der Waals surface area (Å²) in [5.74, 6) is 0.370. The van der Waals surface area contributed by atoms with E-state index in [0.29, 0.717) is 27.6 Å². The number of benzene rings is 3. The van der Waals surface area contributed by atoms with Gasteiger partial charge in [0.2, 0.25) is 11.8 Å². The molecule has 3 amide bonds. The van der Waals surface area contributed by atoms with Crippen LogP contribution in [-0.2, 0) is 20.9 Å². The Morgan fingerprint density at radius 1 is 0.917 bits per heavy atom. The fourth-order valence-corrected chi connectivity index (χ4v) is 9.70. The van der Waals surface area contributed by atoms with Crippen LogP contribution >= 0.6 is 22.9 Å². The summed E-state index contributed by atoms with van der Waals surface area (Å²) in [6.07, 6.45) is 0.505. The molecule has 306 valence electrons. The highest BCUT2D eigenvalue weighted by Crippen LogP contribution is 2.40. The number of hydrogen-bond donors (Lipinski definition) is 2. The first-order valence-electron chi connectivity index (χ1n) is 20.0. The molecule has 6 heterocycles. The van der Waals surface area contributed by atoms with Gasteiger partial charge in [-0.3, -0.25) is 39.0 Å². The maximum absolute atomic E-state index is 13.7. The molecule has 16 heteroatoms. The maximum Gasteiger partial charge on any atom is 0.275 e. The van der Waals surface area contributed by atoms with Gasteiger partial charge in [-0.15, -0.1) is 21.5 Å². The number of thiophene rings is 1.